The molecule has 24 heavy (non-hydrogen) atoms. The fourth-order valence-electron chi connectivity index (χ4n) is 2.30. The van der Waals surface area contributed by atoms with E-state index in [1.54, 1.807) is 24.5 Å². The van der Waals surface area contributed by atoms with Gasteiger partial charge in [-0.15, -0.1) is 0 Å². The molecule has 0 radical (unpaired) electrons. The van der Waals surface area contributed by atoms with Crippen LogP contribution in [0.4, 0.5) is 5.69 Å². The molecule has 0 spiro atoms. The van der Waals surface area contributed by atoms with E-state index in [2.05, 4.69) is 9.98 Å². The fourth-order valence-corrected chi connectivity index (χ4v) is 2.58. The number of aliphatic imine (C=N–C) groups is 1. The van der Waals surface area contributed by atoms with Crippen molar-refractivity contribution in [3.63, 3.8) is 0 Å². The monoisotopic (exact) mass is 338 g/mol. The van der Waals surface area contributed by atoms with Crippen LogP contribution in [-0.2, 0) is 0 Å². The van der Waals surface area contributed by atoms with Crippen LogP contribution in [0.25, 0.3) is 16.9 Å². The summed E-state index contributed by atoms with van der Waals surface area (Å²) in [5.41, 5.74) is 15.6. The van der Waals surface area contributed by atoms with Gasteiger partial charge in [-0.1, -0.05) is 12.1 Å². The molecule has 120 valence electrons. The number of amidine groups is 1. The minimum atomic E-state index is -0.488. The van der Waals surface area contributed by atoms with Gasteiger partial charge in [0.2, 0.25) is 5.91 Å². The lowest BCUT2D eigenvalue weighted by molar-refractivity contribution is 0.100. The number of pyridine rings is 1. The molecule has 0 aliphatic heterocycles. The van der Waals surface area contributed by atoms with Crippen molar-refractivity contribution in [2.75, 3.05) is 0 Å². The number of amides is 1. The summed E-state index contributed by atoms with van der Waals surface area (Å²) in [6.07, 6.45) is 3.48. The SMILES string of the molecule is N=CSC(N)=Nc1cccc(-c2cnc3cc(C(N)=O)ccn23)c1. The number of aromatic nitrogens is 2. The Morgan fingerprint density at radius 3 is 2.88 bits per heavy atom. The van der Waals surface area contributed by atoms with Gasteiger partial charge in [-0.3, -0.25) is 9.20 Å². The number of carbonyl (C=O) groups is 1. The van der Waals surface area contributed by atoms with Crippen molar-refractivity contribution >= 4 is 39.7 Å². The molecular formula is C16H14N6OS. The number of hydrogen-bond donors (Lipinski definition) is 3. The summed E-state index contributed by atoms with van der Waals surface area (Å²) in [5.74, 6) is -0.488. The highest BCUT2D eigenvalue weighted by molar-refractivity contribution is 8.24. The lowest BCUT2D eigenvalue weighted by atomic mass is 10.1. The summed E-state index contributed by atoms with van der Waals surface area (Å²) >= 11 is 1.04. The molecule has 0 aliphatic carbocycles. The third-order valence-electron chi connectivity index (χ3n) is 3.36. The number of benzene rings is 1. The van der Waals surface area contributed by atoms with E-state index in [0.717, 1.165) is 28.6 Å². The molecule has 0 unspecified atom stereocenters. The van der Waals surface area contributed by atoms with Crippen LogP contribution in [-0.4, -0.2) is 26.0 Å². The number of primary amides is 1. The molecule has 2 heterocycles. The van der Waals surface area contributed by atoms with Gasteiger partial charge in [0.05, 0.1) is 23.1 Å². The molecule has 2 aromatic heterocycles. The summed E-state index contributed by atoms with van der Waals surface area (Å²) in [4.78, 5) is 19.8. The lowest BCUT2D eigenvalue weighted by Crippen LogP contribution is -2.11. The molecule has 0 saturated carbocycles. The van der Waals surface area contributed by atoms with Gasteiger partial charge in [0.25, 0.3) is 0 Å². The van der Waals surface area contributed by atoms with E-state index in [1.165, 1.54) is 0 Å². The van der Waals surface area contributed by atoms with E-state index in [0.29, 0.717) is 22.1 Å². The molecule has 0 bridgehead atoms. The van der Waals surface area contributed by atoms with Gasteiger partial charge in [0, 0.05) is 17.3 Å². The highest BCUT2D eigenvalue weighted by Crippen LogP contribution is 2.25. The molecular weight excluding hydrogens is 324 g/mol. The Morgan fingerprint density at radius 2 is 2.12 bits per heavy atom. The highest BCUT2D eigenvalue weighted by Gasteiger charge is 2.09. The molecule has 7 nitrogen and oxygen atoms in total. The Balaban J connectivity index is 2.03. The van der Waals surface area contributed by atoms with Crippen molar-refractivity contribution in [1.82, 2.24) is 9.38 Å². The summed E-state index contributed by atoms with van der Waals surface area (Å²) in [5, 5.41) is 7.32. The van der Waals surface area contributed by atoms with E-state index in [1.807, 2.05) is 28.7 Å². The van der Waals surface area contributed by atoms with Crippen molar-refractivity contribution in [1.29, 1.82) is 5.41 Å². The quantitative estimate of drug-likeness (QED) is 0.499. The number of hydrogen-bond acceptors (Lipinski definition) is 5. The number of nitrogens with one attached hydrogen (secondary N) is 1. The number of thioether (sulfide) groups is 1. The van der Waals surface area contributed by atoms with E-state index in [4.69, 9.17) is 16.9 Å². The number of nitrogens with two attached hydrogens (primary N) is 2. The van der Waals surface area contributed by atoms with Crippen molar-refractivity contribution < 1.29 is 4.79 Å². The van der Waals surface area contributed by atoms with Crippen LogP contribution in [0.1, 0.15) is 10.4 Å². The second kappa shape index (κ2) is 6.55. The topological polar surface area (TPSA) is 123 Å². The molecule has 0 saturated heterocycles. The Labute approximate surface area is 141 Å². The molecule has 0 aliphatic rings. The fraction of sp³-hybridized carbons (Fsp3) is 0. The molecule has 0 atom stereocenters. The summed E-state index contributed by atoms with van der Waals surface area (Å²) < 4.78 is 1.87. The van der Waals surface area contributed by atoms with Gasteiger partial charge in [-0.25, -0.2) is 9.98 Å². The van der Waals surface area contributed by atoms with Gasteiger partial charge in [0.1, 0.15) is 5.65 Å². The standard InChI is InChI=1S/C16H14N6OS/c17-9-24-16(19)21-12-3-1-2-10(6-12)13-8-20-14-7-11(15(18)23)4-5-22(13)14/h1-9,17H,(H2,18,23)(H2,19,21). The molecule has 1 amide bonds. The first kappa shape index (κ1) is 15.8. The van der Waals surface area contributed by atoms with Crippen LogP contribution in [0.3, 0.4) is 0 Å². The molecule has 8 heteroatoms. The highest BCUT2D eigenvalue weighted by atomic mass is 32.2. The predicted molar refractivity (Wildman–Crippen MR) is 96.8 cm³/mol. The summed E-state index contributed by atoms with van der Waals surface area (Å²) in [6, 6.07) is 10.8. The van der Waals surface area contributed by atoms with Crippen LogP contribution in [0, 0.1) is 5.41 Å². The minimum Gasteiger partial charge on any atom is -0.378 e. The number of fused-ring (bicyclic) bond motifs is 1. The van der Waals surface area contributed by atoms with E-state index in [9.17, 15) is 4.79 Å². The van der Waals surface area contributed by atoms with Crippen LogP contribution < -0.4 is 11.5 Å². The maximum atomic E-state index is 11.3. The first-order chi connectivity index (χ1) is 11.6. The second-order valence-electron chi connectivity index (χ2n) is 4.89. The lowest BCUT2D eigenvalue weighted by Gasteiger charge is -2.04. The largest absolute Gasteiger partial charge is 0.378 e. The maximum Gasteiger partial charge on any atom is 0.248 e. The first-order valence-electron chi connectivity index (χ1n) is 6.95. The Morgan fingerprint density at radius 1 is 1.29 bits per heavy atom. The number of imidazole rings is 1. The van der Waals surface area contributed by atoms with Crippen LogP contribution in [0.15, 0.2) is 53.8 Å². The maximum absolute atomic E-state index is 11.3. The Hall–Kier alpha value is -3.13. The Bertz CT molecular complexity index is 962. The van der Waals surface area contributed by atoms with Crippen molar-refractivity contribution in [3.8, 4) is 11.3 Å². The number of carbonyl (C=O) groups excluding carboxylic acids is 1. The molecule has 3 aromatic rings. The average molecular weight is 338 g/mol. The van der Waals surface area contributed by atoms with Gasteiger partial charge >= 0.3 is 0 Å². The van der Waals surface area contributed by atoms with Gasteiger partial charge in [-0.2, -0.15) is 0 Å². The number of rotatable bonds is 4. The van der Waals surface area contributed by atoms with Gasteiger partial charge in [-0.05, 0) is 36.0 Å². The normalized spacial score (nSPS) is 11.6. The van der Waals surface area contributed by atoms with Crippen LogP contribution >= 0.6 is 11.8 Å². The molecule has 1 aromatic carbocycles. The first-order valence-corrected chi connectivity index (χ1v) is 7.83. The smallest absolute Gasteiger partial charge is 0.248 e. The summed E-state index contributed by atoms with van der Waals surface area (Å²) in [7, 11) is 0. The molecule has 0 fully saturated rings. The van der Waals surface area contributed by atoms with Crippen molar-refractivity contribution in [2.45, 2.75) is 0 Å². The van der Waals surface area contributed by atoms with E-state index >= 15 is 0 Å². The zero-order chi connectivity index (χ0) is 17.1. The zero-order valence-electron chi connectivity index (χ0n) is 12.5. The second-order valence-corrected chi connectivity index (χ2v) is 5.78. The third-order valence-corrected chi connectivity index (χ3v) is 3.81. The van der Waals surface area contributed by atoms with Crippen molar-refractivity contribution in [2.24, 2.45) is 16.5 Å². The van der Waals surface area contributed by atoms with Crippen LogP contribution in [0.2, 0.25) is 0 Å². The van der Waals surface area contributed by atoms with Crippen LogP contribution in [0.5, 0.6) is 0 Å². The average Bonchev–Trinajstić information content (AvgIpc) is 2.98. The van der Waals surface area contributed by atoms with Crippen molar-refractivity contribution in [3.05, 3.63) is 54.4 Å². The summed E-state index contributed by atoms with van der Waals surface area (Å²) in [6.45, 7) is 0. The molecule has 5 N–H and O–H groups in total. The number of nitrogens with zero attached hydrogens (tertiary/aromatic N) is 3. The van der Waals surface area contributed by atoms with E-state index in [-0.39, 0.29) is 0 Å². The Kier molecular flexibility index (Phi) is 4.30. The minimum absolute atomic E-state index is 0.298. The third kappa shape index (κ3) is 3.13. The zero-order valence-corrected chi connectivity index (χ0v) is 13.3. The van der Waals surface area contributed by atoms with E-state index < -0.39 is 5.91 Å². The molecule has 3 rings (SSSR count). The predicted octanol–water partition coefficient (Wildman–Crippen LogP) is 2.39. The van der Waals surface area contributed by atoms with Gasteiger partial charge in [0.15, 0.2) is 5.17 Å². The van der Waals surface area contributed by atoms with Gasteiger partial charge < -0.3 is 16.9 Å².